The molecule has 4 rings (SSSR count). The maximum atomic E-state index is 12.8. The minimum atomic E-state index is -0.0736. The quantitative estimate of drug-likeness (QED) is 0.652. The fourth-order valence-electron chi connectivity index (χ4n) is 3.22. The van der Waals surface area contributed by atoms with Crippen molar-refractivity contribution in [1.82, 2.24) is 20.0 Å². The fraction of sp³-hybridized carbons (Fsp3) is 0.333. The number of aromatic nitrogens is 3. The standard InChI is InChI=1S/C21H22N4O3/c1-13-19(20(27-3)23-12-22-13)15-6-8-16(9-7-15)21(26)25(2)11-17-10-18(28-24-17)14-4-5-14/h6-10,12,14H,4-5,11H2,1-3H3. The van der Waals surface area contributed by atoms with Gasteiger partial charge >= 0.3 is 0 Å². The second kappa shape index (κ2) is 7.42. The zero-order valence-corrected chi connectivity index (χ0v) is 16.2. The Bertz CT molecular complexity index is 993. The average Bonchev–Trinajstić information content (AvgIpc) is 3.46. The largest absolute Gasteiger partial charge is 0.480 e. The molecular weight excluding hydrogens is 356 g/mol. The lowest BCUT2D eigenvalue weighted by Gasteiger charge is -2.16. The number of amides is 1. The molecule has 0 bridgehead atoms. The predicted molar refractivity (Wildman–Crippen MR) is 103 cm³/mol. The van der Waals surface area contributed by atoms with Gasteiger partial charge in [0.1, 0.15) is 17.8 Å². The summed E-state index contributed by atoms with van der Waals surface area (Å²) in [4.78, 5) is 22.8. The van der Waals surface area contributed by atoms with Gasteiger partial charge in [0, 0.05) is 24.6 Å². The van der Waals surface area contributed by atoms with Crippen LogP contribution < -0.4 is 4.74 Å². The molecule has 2 heterocycles. The van der Waals surface area contributed by atoms with E-state index in [1.165, 1.54) is 6.33 Å². The normalized spacial score (nSPS) is 13.4. The highest BCUT2D eigenvalue weighted by Crippen LogP contribution is 2.40. The van der Waals surface area contributed by atoms with Crippen LogP contribution in [0.2, 0.25) is 0 Å². The first-order chi connectivity index (χ1) is 13.6. The van der Waals surface area contributed by atoms with Gasteiger partial charge < -0.3 is 14.2 Å². The molecule has 7 heteroatoms. The number of carbonyl (C=O) groups is 1. The first-order valence-electron chi connectivity index (χ1n) is 9.23. The third-order valence-corrected chi connectivity index (χ3v) is 4.92. The number of hydrogen-bond acceptors (Lipinski definition) is 6. The molecule has 0 aliphatic heterocycles. The number of hydrogen-bond donors (Lipinski definition) is 0. The number of methoxy groups -OCH3 is 1. The summed E-state index contributed by atoms with van der Waals surface area (Å²) < 4.78 is 10.7. The van der Waals surface area contributed by atoms with Gasteiger partial charge in [0.2, 0.25) is 5.88 Å². The average molecular weight is 378 g/mol. The molecule has 0 radical (unpaired) electrons. The summed E-state index contributed by atoms with van der Waals surface area (Å²) in [5.41, 5.74) is 3.93. The molecule has 3 aromatic rings. The second-order valence-electron chi connectivity index (χ2n) is 7.08. The van der Waals surface area contributed by atoms with E-state index in [9.17, 15) is 4.79 Å². The molecule has 144 valence electrons. The highest BCUT2D eigenvalue weighted by atomic mass is 16.5. The van der Waals surface area contributed by atoms with Crippen LogP contribution in [0.25, 0.3) is 11.1 Å². The van der Waals surface area contributed by atoms with Gasteiger partial charge in [-0.2, -0.15) is 0 Å². The van der Waals surface area contributed by atoms with E-state index in [1.807, 2.05) is 25.1 Å². The Balaban J connectivity index is 1.49. The first kappa shape index (κ1) is 18.2. The molecule has 1 aliphatic carbocycles. The third-order valence-electron chi connectivity index (χ3n) is 4.92. The van der Waals surface area contributed by atoms with Crippen LogP contribution in [0.5, 0.6) is 5.88 Å². The van der Waals surface area contributed by atoms with Crippen LogP contribution in [0.15, 0.2) is 41.2 Å². The molecule has 28 heavy (non-hydrogen) atoms. The monoisotopic (exact) mass is 378 g/mol. The number of nitrogens with zero attached hydrogens (tertiary/aromatic N) is 4. The van der Waals surface area contributed by atoms with E-state index in [4.69, 9.17) is 9.26 Å². The molecule has 1 fully saturated rings. The zero-order chi connectivity index (χ0) is 19.7. The summed E-state index contributed by atoms with van der Waals surface area (Å²) in [6.45, 7) is 2.32. The number of ether oxygens (including phenoxy) is 1. The van der Waals surface area contributed by atoms with Crippen molar-refractivity contribution in [3.8, 4) is 17.0 Å². The molecule has 2 aromatic heterocycles. The molecule has 0 atom stereocenters. The maximum Gasteiger partial charge on any atom is 0.253 e. The van der Waals surface area contributed by atoms with Crippen molar-refractivity contribution in [2.45, 2.75) is 32.2 Å². The van der Waals surface area contributed by atoms with Gasteiger partial charge in [-0.25, -0.2) is 9.97 Å². The molecule has 0 unspecified atom stereocenters. The van der Waals surface area contributed by atoms with E-state index in [-0.39, 0.29) is 5.91 Å². The Hall–Kier alpha value is -3.22. The van der Waals surface area contributed by atoms with Gasteiger partial charge in [0.05, 0.1) is 24.9 Å². The van der Waals surface area contributed by atoms with E-state index in [0.717, 1.165) is 41.1 Å². The second-order valence-corrected chi connectivity index (χ2v) is 7.08. The van der Waals surface area contributed by atoms with Crippen molar-refractivity contribution in [3.63, 3.8) is 0 Å². The Labute approximate surface area is 163 Å². The molecule has 0 saturated heterocycles. The highest BCUT2D eigenvalue weighted by Gasteiger charge is 2.28. The van der Waals surface area contributed by atoms with Gasteiger partial charge in [-0.15, -0.1) is 0 Å². The van der Waals surface area contributed by atoms with Crippen molar-refractivity contribution < 1.29 is 14.1 Å². The smallest absolute Gasteiger partial charge is 0.253 e. The lowest BCUT2D eigenvalue weighted by atomic mass is 10.0. The summed E-state index contributed by atoms with van der Waals surface area (Å²) in [7, 11) is 3.34. The molecular formula is C21H22N4O3. The van der Waals surface area contributed by atoms with Crippen LogP contribution in [-0.4, -0.2) is 40.1 Å². The lowest BCUT2D eigenvalue weighted by Crippen LogP contribution is -2.26. The van der Waals surface area contributed by atoms with Gasteiger partial charge in [0.25, 0.3) is 5.91 Å². The Morgan fingerprint density at radius 3 is 2.68 bits per heavy atom. The van der Waals surface area contributed by atoms with E-state index >= 15 is 0 Å². The van der Waals surface area contributed by atoms with Crippen molar-refractivity contribution in [2.24, 2.45) is 0 Å². The van der Waals surface area contributed by atoms with Crippen molar-refractivity contribution in [2.75, 3.05) is 14.2 Å². The van der Waals surface area contributed by atoms with Crippen molar-refractivity contribution >= 4 is 5.91 Å². The first-order valence-corrected chi connectivity index (χ1v) is 9.23. The number of rotatable bonds is 6. The van der Waals surface area contributed by atoms with Gasteiger partial charge in [-0.1, -0.05) is 17.3 Å². The lowest BCUT2D eigenvalue weighted by molar-refractivity contribution is 0.0782. The van der Waals surface area contributed by atoms with Gasteiger partial charge in [0.15, 0.2) is 0 Å². The molecule has 0 N–H and O–H groups in total. The number of carbonyl (C=O) groups excluding carboxylic acids is 1. The fourth-order valence-corrected chi connectivity index (χ4v) is 3.22. The molecule has 0 spiro atoms. The summed E-state index contributed by atoms with van der Waals surface area (Å²) in [6, 6.07) is 9.33. The van der Waals surface area contributed by atoms with Crippen LogP contribution in [-0.2, 0) is 6.54 Å². The number of benzene rings is 1. The van der Waals surface area contributed by atoms with Crippen molar-refractivity contribution in [1.29, 1.82) is 0 Å². The molecule has 1 aromatic carbocycles. The maximum absolute atomic E-state index is 12.8. The third kappa shape index (κ3) is 3.60. The summed E-state index contributed by atoms with van der Waals surface area (Å²) in [5.74, 6) is 1.88. The van der Waals surface area contributed by atoms with Crippen molar-refractivity contribution in [3.05, 3.63) is 59.4 Å². The number of aryl methyl sites for hydroxylation is 1. The molecule has 1 aliphatic rings. The van der Waals surface area contributed by atoms with E-state index in [1.54, 1.807) is 31.2 Å². The minimum absolute atomic E-state index is 0.0736. The molecule has 1 saturated carbocycles. The summed E-state index contributed by atoms with van der Waals surface area (Å²) >= 11 is 0. The zero-order valence-electron chi connectivity index (χ0n) is 16.2. The molecule has 1 amide bonds. The SMILES string of the molecule is COc1ncnc(C)c1-c1ccc(C(=O)N(C)Cc2cc(C3CC3)on2)cc1. The predicted octanol–water partition coefficient (Wildman–Crippen LogP) is 3.60. The van der Waals surface area contributed by atoms with E-state index in [0.29, 0.717) is 23.9 Å². The van der Waals surface area contributed by atoms with Crippen LogP contribution in [0.1, 0.15) is 46.3 Å². The Kier molecular flexibility index (Phi) is 4.81. The van der Waals surface area contributed by atoms with E-state index < -0.39 is 0 Å². The molecule has 7 nitrogen and oxygen atoms in total. The highest BCUT2D eigenvalue weighted by molar-refractivity contribution is 5.94. The Morgan fingerprint density at radius 1 is 1.25 bits per heavy atom. The van der Waals surface area contributed by atoms with Crippen LogP contribution in [0, 0.1) is 6.92 Å². The van der Waals surface area contributed by atoms with Crippen LogP contribution >= 0.6 is 0 Å². The minimum Gasteiger partial charge on any atom is -0.480 e. The van der Waals surface area contributed by atoms with Crippen LogP contribution in [0.3, 0.4) is 0 Å². The van der Waals surface area contributed by atoms with Crippen LogP contribution in [0.4, 0.5) is 0 Å². The summed E-state index contributed by atoms with van der Waals surface area (Å²) in [6.07, 6.45) is 3.79. The van der Waals surface area contributed by atoms with E-state index in [2.05, 4.69) is 15.1 Å². The summed E-state index contributed by atoms with van der Waals surface area (Å²) in [5, 5.41) is 4.08. The Morgan fingerprint density at radius 2 is 2.00 bits per heavy atom. The topological polar surface area (TPSA) is 81.4 Å². The van der Waals surface area contributed by atoms with Gasteiger partial charge in [-0.3, -0.25) is 4.79 Å². The van der Waals surface area contributed by atoms with Gasteiger partial charge in [-0.05, 0) is 37.5 Å².